The number of hydrogen-bond acceptors (Lipinski definition) is 3. The fourth-order valence-corrected chi connectivity index (χ4v) is 1.44. The fourth-order valence-electron chi connectivity index (χ4n) is 1.44. The topological polar surface area (TPSA) is 63.6 Å². The van der Waals surface area contributed by atoms with Crippen LogP contribution in [0.3, 0.4) is 0 Å². The molecule has 0 aliphatic rings. The Hall–Kier alpha value is -2.10. The van der Waals surface area contributed by atoms with Gasteiger partial charge in [-0.25, -0.2) is 4.79 Å². The SMILES string of the molecule is COC(=O)/C(=C/c1ccccc1)C(C)(C)C(=O)O. The van der Waals surface area contributed by atoms with Gasteiger partial charge in [-0.15, -0.1) is 0 Å². The zero-order valence-electron chi connectivity index (χ0n) is 10.6. The molecule has 0 aliphatic heterocycles. The first kappa shape index (κ1) is 14.0. The van der Waals surface area contributed by atoms with E-state index in [2.05, 4.69) is 4.74 Å². The van der Waals surface area contributed by atoms with Crippen molar-refractivity contribution in [3.63, 3.8) is 0 Å². The number of esters is 1. The summed E-state index contributed by atoms with van der Waals surface area (Å²) in [7, 11) is 1.24. The Morgan fingerprint density at radius 3 is 2.22 bits per heavy atom. The molecular weight excluding hydrogens is 232 g/mol. The van der Waals surface area contributed by atoms with E-state index in [4.69, 9.17) is 0 Å². The number of carboxylic acids is 1. The quantitative estimate of drug-likeness (QED) is 0.656. The predicted molar refractivity (Wildman–Crippen MR) is 67.9 cm³/mol. The summed E-state index contributed by atoms with van der Waals surface area (Å²) < 4.78 is 4.65. The first-order valence-electron chi connectivity index (χ1n) is 5.48. The van der Waals surface area contributed by atoms with Gasteiger partial charge in [0, 0.05) is 0 Å². The smallest absolute Gasteiger partial charge is 0.334 e. The third-order valence-electron chi connectivity index (χ3n) is 2.72. The van der Waals surface area contributed by atoms with Crippen molar-refractivity contribution >= 4 is 18.0 Å². The van der Waals surface area contributed by atoms with Gasteiger partial charge in [0.05, 0.1) is 18.1 Å². The van der Waals surface area contributed by atoms with E-state index >= 15 is 0 Å². The lowest BCUT2D eigenvalue weighted by atomic mass is 9.83. The highest BCUT2D eigenvalue weighted by Crippen LogP contribution is 2.29. The summed E-state index contributed by atoms with van der Waals surface area (Å²) in [6.45, 7) is 2.95. The van der Waals surface area contributed by atoms with Gasteiger partial charge >= 0.3 is 11.9 Å². The minimum Gasteiger partial charge on any atom is -0.481 e. The Balaban J connectivity index is 3.27. The summed E-state index contributed by atoms with van der Waals surface area (Å²) in [5.41, 5.74) is -0.431. The minimum absolute atomic E-state index is 0.115. The van der Waals surface area contributed by atoms with Gasteiger partial charge in [-0.1, -0.05) is 30.3 Å². The van der Waals surface area contributed by atoms with Crippen LogP contribution in [0.4, 0.5) is 0 Å². The average molecular weight is 248 g/mol. The molecule has 4 nitrogen and oxygen atoms in total. The van der Waals surface area contributed by atoms with Crippen LogP contribution >= 0.6 is 0 Å². The molecule has 0 saturated carbocycles. The van der Waals surface area contributed by atoms with Crippen LogP contribution in [0, 0.1) is 5.41 Å². The van der Waals surface area contributed by atoms with E-state index in [1.165, 1.54) is 21.0 Å². The van der Waals surface area contributed by atoms with E-state index in [1.807, 2.05) is 18.2 Å². The third-order valence-corrected chi connectivity index (χ3v) is 2.72. The summed E-state index contributed by atoms with van der Waals surface area (Å²) in [5.74, 6) is -1.71. The van der Waals surface area contributed by atoms with Gasteiger partial charge in [0.1, 0.15) is 0 Å². The monoisotopic (exact) mass is 248 g/mol. The second kappa shape index (κ2) is 5.49. The van der Waals surface area contributed by atoms with Crippen molar-refractivity contribution < 1.29 is 19.4 Å². The van der Waals surface area contributed by atoms with Crippen LogP contribution in [0.2, 0.25) is 0 Å². The molecule has 0 unspecified atom stereocenters. The Labute approximate surface area is 106 Å². The van der Waals surface area contributed by atoms with Crippen LogP contribution in [0.5, 0.6) is 0 Å². The zero-order valence-corrected chi connectivity index (χ0v) is 10.6. The van der Waals surface area contributed by atoms with E-state index in [0.717, 1.165) is 5.56 Å². The first-order valence-corrected chi connectivity index (χ1v) is 5.48. The number of benzene rings is 1. The number of aliphatic carboxylic acids is 1. The molecule has 0 amide bonds. The molecular formula is C14H16O4. The maximum Gasteiger partial charge on any atom is 0.334 e. The lowest BCUT2D eigenvalue weighted by Gasteiger charge is -2.21. The number of carbonyl (C=O) groups is 2. The number of ether oxygens (including phenoxy) is 1. The molecule has 0 saturated heterocycles. The Morgan fingerprint density at radius 2 is 1.78 bits per heavy atom. The Bertz CT molecular complexity index is 472. The van der Waals surface area contributed by atoms with Crippen molar-refractivity contribution in [1.82, 2.24) is 0 Å². The Morgan fingerprint density at radius 1 is 1.22 bits per heavy atom. The molecule has 1 aromatic carbocycles. The zero-order chi connectivity index (χ0) is 13.8. The molecule has 1 N–H and O–H groups in total. The maximum atomic E-state index is 11.7. The molecule has 0 bridgehead atoms. The molecule has 0 heterocycles. The highest BCUT2D eigenvalue weighted by atomic mass is 16.5. The number of methoxy groups -OCH3 is 1. The van der Waals surface area contributed by atoms with Gasteiger partial charge in [0.25, 0.3) is 0 Å². The highest BCUT2D eigenvalue weighted by Gasteiger charge is 2.36. The molecule has 1 aromatic rings. The first-order chi connectivity index (χ1) is 8.39. The van der Waals surface area contributed by atoms with Crippen LogP contribution in [-0.2, 0) is 14.3 Å². The van der Waals surface area contributed by atoms with Crippen LogP contribution in [0.15, 0.2) is 35.9 Å². The van der Waals surface area contributed by atoms with E-state index in [9.17, 15) is 14.7 Å². The van der Waals surface area contributed by atoms with Gasteiger partial charge in [0.15, 0.2) is 0 Å². The summed E-state index contributed by atoms with van der Waals surface area (Å²) in [4.78, 5) is 22.9. The molecule has 0 fully saturated rings. The van der Waals surface area contributed by atoms with Crippen LogP contribution in [0.1, 0.15) is 19.4 Å². The number of carbonyl (C=O) groups excluding carboxylic acids is 1. The second-order valence-corrected chi connectivity index (χ2v) is 4.39. The van der Waals surface area contributed by atoms with Crippen molar-refractivity contribution in [3.05, 3.63) is 41.5 Å². The highest BCUT2D eigenvalue weighted by molar-refractivity contribution is 6.01. The maximum absolute atomic E-state index is 11.7. The molecule has 1 rings (SSSR count). The number of rotatable bonds is 4. The second-order valence-electron chi connectivity index (χ2n) is 4.39. The molecule has 96 valence electrons. The van der Waals surface area contributed by atoms with Crippen molar-refractivity contribution in [2.75, 3.05) is 7.11 Å². The number of carboxylic acid groups (broad SMARTS) is 1. The minimum atomic E-state index is -1.30. The van der Waals surface area contributed by atoms with Crippen LogP contribution < -0.4 is 0 Å². The summed E-state index contributed by atoms with van der Waals surface area (Å²) in [6.07, 6.45) is 1.54. The summed E-state index contributed by atoms with van der Waals surface area (Å²) in [5, 5.41) is 9.19. The van der Waals surface area contributed by atoms with Gasteiger partial charge < -0.3 is 9.84 Å². The van der Waals surface area contributed by atoms with Crippen molar-refractivity contribution in [3.8, 4) is 0 Å². The average Bonchev–Trinajstić information content (AvgIpc) is 2.36. The molecule has 18 heavy (non-hydrogen) atoms. The molecule has 0 radical (unpaired) electrons. The Kier molecular flexibility index (Phi) is 4.26. The van der Waals surface area contributed by atoms with E-state index < -0.39 is 17.4 Å². The van der Waals surface area contributed by atoms with E-state index in [-0.39, 0.29) is 5.57 Å². The van der Waals surface area contributed by atoms with Gasteiger partial charge in [-0.3, -0.25) is 4.79 Å². The predicted octanol–water partition coefficient (Wildman–Crippen LogP) is 2.35. The molecule has 4 heteroatoms. The standard InChI is InChI=1S/C14H16O4/c1-14(2,13(16)17)11(12(15)18-3)9-10-7-5-4-6-8-10/h4-9H,1-3H3,(H,16,17)/b11-9-. The lowest BCUT2D eigenvalue weighted by molar-refractivity contribution is -0.148. The normalized spacial score (nSPS) is 12.1. The third kappa shape index (κ3) is 2.97. The van der Waals surface area contributed by atoms with Crippen molar-refractivity contribution in [2.45, 2.75) is 13.8 Å². The van der Waals surface area contributed by atoms with E-state index in [0.29, 0.717) is 0 Å². The van der Waals surface area contributed by atoms with Gasteiger partial charge in [-0.2, -0.15) is 0 Å². The van der Waals surface area contributed by atoms with Crippen molar-refractivity contribution in [2.24, 2.45) is 5.41 Å². The molecule has 0 aliphatic carbocycles. The number of hydrogen-bond donors (Lipinski definition) is 1. The molecule has 0 aromatic heterocycles. The largest absolute Gasteiger partial charge is 0.481 e. The van der Waals surface area contributed by atoms with Crippen molar-refractivity contribution in [1.29, 1.82) is 0 Å². The summed E-state index contributed by atoms with van der Waals surface area (Å²) in [6, 6.07) is 9.06. The van der Waals surface area contributed by atoms with Crippen LogP contribution in [0.25, 0.3) is 6.08 Å². The van der Waals surface area contributed by atoms with Gasteiger partial charge in [0.2, 0.25) is 0 Å². The van der Waals surface area contributed by atoms with Gasteiger partial charge in [-0.05, 0) is 25.5 Å². The van der Waals surface area contributed by atoms with Crippen LogP contribution in [-0.4, -0.2) is 24.2 Å². The van der Waals surface area contributed by atoms with E-state index in [1.54, 1.807) is 18.2 Å². The molecule has 0 spiro atoms. The fraction of sp³-hybridized carbons (Fsp3) is 0.286. The lowest BCUT2D eigenvalue weighted by Crippen LogP contribution is -2.30. The molecule has 0 atom stereocenters. The summed E-state index contributed by atoms with van der Waals surface area (Å²) >= 11 is 0.